The van der Waals surface area contributed by atoms with E-state index in [1.54, 1.807) is 0 Å². The molecule has 0 aliphatic rings. The number of rotatable bonds is 1. The van der Waals surface area contributed by atoms with E-state index in [2.05, 4.69) is 15.5 Å². The van der Waals surface area contributed by atoms with E-state index in [9.17, 15) is 4.79 Å². The predicted octanol–water partition coefficient (Wildman–Crippen LogP) is -1.71. The van der Waals surface area contributed by atoms with Crippen LogP contribution in [0.5, 0.6) is 0 Å². The number of nitrogens with zero attached hydrogens (tertiary/aromatic N) is 4. The standard InChI is InChI=1S/C2H3N5O/c3-2-4-5-6-7(2)1-8/h1H,(H2,3,4,6). The molecule has 0 spiro atoms. The Bertz CT molecular complexity index is 192. The topological polar surface area (TPSA) is 86.7 Å². The summed E-state index contributed by atoms with van der Waals surface area (Å²) in [7, 11) is 0. The minimum absolute atomic E-state index is 0.000000000000000444. The molecule has 0 fully saturated rings. The first kappa shape index (κ1) is 4.69. The second-order valence-corrected chi connectivity index (χ2v) is 1.09. The summed E-state index contributed by atoms with van der Waals surface area (Å²) in [6.07, 6.45) is 0.426. The maximum absolute atomic E-state index is 9.83. The number of nitrogen functional groups attached to an aromatic ring is 1. The summed E-state index contributed by atoms with van der Waals surface area (Å²) >= 11 is 0. The zero-order chi connectivity index (χ0) is 5.98. The summed E-state index contributed by atoms with van der Waals surface area (Å²) in [5, 5.41) is 9.53. The van der Waals surface area contributed by atoms with Gasteiger partial charge in [-0.25, -0.2) is 0 Å². The van der Waals surface area contributed by atoms with Crippen LogP contribution in [0, 0.1) is 0 Å². The smallest absolute Gasteiger partial charge is 0.247 e. The molecule has 6 heteroatoms. The van der Waals surface area contributed by atoms with Crippen molar-refractivity contribution in [3.05, 3.63) is 0 Å². The second kappa shape index (κ2) is 1.57. The Labute approximate surface area is 44.3 Å². The van der Waals surface area contributed by atoms with Crippen molar-refractivity contribution in [3.8, 4) is 0 Å². The van der Waals surface area contributed by atoms with Gasteiger partial charge in [-0.05, 0) is 10.4 Å². The number of tetrazole rings is 1. The molecule has 0 saturated carbocycles. The highest BCUT2D eigenvalue weighted by Gasteiger charge is 1.94. The molecule has 2 N–H and O–H groups in total. The van der Waals surface area contributed by atoms with Gasteiger partial charge in [0.15, 0.2) is 0 Å². The fourth-order valence-corrected chi connectivity index (χ4v) is 0.276. The number of nitrogens with two attached hydrogens (primary N) is 1. The molecule has 8 heavy (non-hydrogen) atoms. The van der Waals surface area contributed by atoms with Crippen LogP contribution in [0.1, 0.15) is 0 Å². The molecule has 1 aromatic heterocycles. The Morgan fingerprint density at radius 3 is 2.75 bits per heavy atom. The quantitative estimate of drug-likeness (QED) is 0.346. The van der Waals surface area contributed by atoms with Gasteiger partial charge in [0.2, 0.25) is 12.4 Å². The van der Waals surface area contributed by atoms with E-state index in [0.29, 0.717) is 6.41 Å². The number of aromatic nitrogens is 4. The van der Waals surface area contributed by atoms with Gasteiger partial charge in [0.25, 0.3) is 0 Å². The molecule has 0 saturated heterocycles. The molecule has 0 unspecified atom stereocenters. The zero-order valence-electron chi connectivity index (χ0n) is 3.85. The van der Waals surface area contributed by atoms with Crippen molar-refractivity contribution in [1.82, 2.24) is 20.2 Å². The van der Waals surface area contributed by atoms with E-state index in [0.717, 1.165) is 4.68 Å². The molecule has 6 nitrogen and oxygen atoms in total. The van der Waals surface area contributed by atoms with Crippen LogP contribution < -0.4 is 5.73 Å². The lowest BCUT2D eigenvalue weighted by molar-refractivity contribution is 0.539. The van der Waals surface area contributed by atoms with Gasteiger partial charge in [0, 0.05) is 0 Å². The number of carbonyl (C=O) groups excluding carboxylic acids is 1. The third-order valence-corrected chi connectivity index (χ3v) is 0.618. The molecule has 0 aromatic carbocycles. The van der Waals surface area contributed by atoms with Gasteiger partial charge in [-0.2, -0.15) is 0 Å². The van der Waals surface area contributed by atoms with Crippen molar-refractivity contribution in [2.45, 2.75) is 0 Å². The second-order valence-electron chi connectivity index (χ2n) is 1.09. The minimum atomic E-state index is 0.000000000000000444. The molecule has 0 aliphatic heterocycles. The minimum Gasteiger partial charge on any atom is -0.366 e. The normalized spacial score (nSPS) is 9.00. The van der Waals surface area contributed by atoms with Crippen LogP contribution in [0.3, 0.4) is 0 Å². The summed E-state index contributed by atoms with van der Waals surface area (Å²) in [4.78, 5) is 9.83. The third kappa shape index (κ3) is 0.512. The van der Waals surface area contributed by atoms with Crippen LogP contribution in [0.2, 0.25) is 0 Å². The zero-order valence-corrected chi connectivity index (χ0v) is 3.85. The molecular weight excluding hydrogens is 110 g/mol. The highest BCUT2D eigenvalue weighted by molar-refractivity contribution is 5.54. The van der Waals surface area contributed by atoms with Crippen molar-refractivity contribution < 1.29 is 4.79 Å². The number of carbonyl (C=O) groups is 1. The number of hydrogen-bond acceptors (Lipinski definition) is 5. The van der Waals surface area contributed by atoms with E-state index in [4.69, 9.17) is 5.73 Å². The fourth-order valence-electron chi connectivity index (χ4n) is 0.276. The van der Waals surface area contributed by atoms with Crippen molar-refractivity contribution in [1.29, 1.82) is 0 Å². The lowest BCUT2D eigenvalue weighted by Crippen LogP contribution is -2.02. The highest BCUT2D eigenvalue weighted by Crippen LogP contribution is 1.82. The Hall–Kier alpha value is -1.46. The molecule has 1 heterocycles. The van der Waals surface area contributed by atoms with Crippen LogP contribution in [-0.2, 0) is 4.79 Å². The predicted molar refractivity (Wildman–Crippen MR) is 24.4 cm³/mol. The molecule has 0 atom stereocenters. The number of hydrogen-bond donors (Lipinski definition) is 1. The van der Waals surface area contributed by atoms with Gasteiger partial charge in [-0.1, -0.05) is 5.10 Å². The van der Waals surface area contributed by atoms with Crippen LogP contribution >= 0.6 is 0 Å². The van der Waals surface area contributed by atoms with E-state index in [-0.39, 0.29) is 5.95 Å². The molecule has 1 aromatic rings. The summed E-state index contributed by atoms with van der Waals surface area (Å²) in [5.74, 6) is 0.000000000000000444. The first-order valence-electron chi connectivity index (χ1n) is 1.83. The van der Waals surface area contributed by atoms with Gasteiger partial charge >= 0.3 is 0 Å². The van der Waals surface area contributed by atoms with Gasteiger partial charge in [-0.3, -0.25) is 4.79 Å². The van der Waals surface area contributed by atoms with Crippen LogP contribution in [0.25, 0.3) is 0 Å². The molecule has 0 amide bonds. The summed E-state index contributed by atoms with van der Waals surface area (Å²) < 4.78 is 0.833. The molecule has 0 aliphatic carbocycles. The summed E-state index contributed by atoms with van der Waals surface area (Å²) in [5.41, 5.74) is 5.05. The van der Waals surface area contributed by atoms with Crippen molar-refractivity contribution >= 4 is 12.4 Å². The van der Waals surface area contributed by atoms with E-state index in [1.165, 1.54) is 0 Å². The lowest BCUT2D eigenvalue weighted by Gasteiger charge is -1.80. The number of anilines is 1. The van der Waals surface area contributed by atoms with Gasteiger partial charge < -0.3 is 5.73 Å². The van der Waals surface area contributed by atoms with Crippen LogP contribution in [0.4, 0.5) is 5.95 Å². The van der Waals surface area contributed by atoms with E-state index >= 15 is 0 Å². The Morgan fingerprint density at radius 2 is 2.50 bits per heavy atom. The van der Waals surface area contributed by atoms with Crippen LogP contribution in [-0.4, -0.2) is 26.6 Å². The first-order chi connectivity index (χ1) is 3.84. The van der Waals surface area contributed by atoms with Crippen molar-refractivity contribution in [2.75, 3.05) is 5.73 Å². The molecule has 0 radical (unpaired) electrons. The first-order valence-corrected chi connectivity index (χ1v) is 1.83. The molecule has 42 valence electrons. The summed E-state index contributed by atoms with van der Waals surface area (Å²) in [6.45, 7) is 0. The van der Waals surface area contributed by atoms with Crippen LogP contribution in [0.15, 0.2) is 0 Å². The highest BCUT2D eigenvalue weighted by atomic mass is 16.1. The van der Waals surface area contributed by atoms with Gasteiger partial charge in [0.1, 0.15) is 0 Å². The van der Waals surface area contributed by atoms with Gasteiger partial charge in [-0.15, -0.1) is 4.68 Å². The fraction of sp³-hybridized carbons (Fsp3) is 0. The Kier molecular flexibility index (Phi) is 0.918. The van der Waals surface area contributed by atoms with E-state index in [1.807, 2.05) is 0 Å². The molecule has 1 rings (SSSR count). The largest absolute Gasteiger partial charge is 0.366 e. The van der Waals surface area contributed by atoms with Gasteiger partial charge in [0.05, 0.1) is 0 Å². The molecular formula is C2H3N5O. The van der Waals surface area contributed by atoms with Crippen molar-refractivity contribution in [2.24, 2.45) is 0 Å². The van der Waals surface area contributed by atoms with Crippen molar-refractivity contribution in [3.63, 3.8) is 0 Å². The maximum Gasteiger partial charge on any atom is 0.247 e. The SMILES string of the molecule is Nc1nnnn1C=O. The Morgan fingerprint density at radius 1 is 1.75 bits per heavy atom. The summed E-state index contributed by atoms with van der Waals surface area (Å²) in [6, 6.07) is 0. The average molecular weight is 113 g/mol. The molecule has 0 bridgehead atoms. The third-order valence-electron chi connectivity index (χ3n) is 0.618. The monoisotopic (exact) mass is 113 g/mol. The lowest BCUT2D eigenvalue weighted by atomic mass is 11.0. The van der Waals surface area contributed by atoms with E-state index < -0.39 is 0 Å². The maximum atomic E-state index is 9.83. The Balaban J connectivity index is 3.09. The average Bonchev–Trinajstić information content (AvgIpc) is 2.14.